The summed E-state index contributed by atoms with van der Waals surface area (Å²) in [4.78, 5) is 31.5. The van der Waals surface area contributed by atoms with Crippen molar-refractivity contribution in [3.05, 3.63) is 64.2 Å². The molecule has 0 heterocycles. The molecule has 1 aromatic rings. The molecule has 0 aromatic heterocycles. The fourth-order valence-corrected chi connectivity index (χ4v) is 2.14. The number of para-hydroxylation sites is 1. The molecule has 0 fully saturated rings. The van der Waals surface area contributed by atoms with E-state index in [0.717, 1.165) is 0 Å². The van der Waals surface area contributed by atoms with Crippen molar-refractivity contribution in [2.75, 3.05) is 7.11 Å². The van der Waals surface area contributed by atoms with E-state index in [1.54, 1.807) is 18.2 Å². The van der Waals surface area contributed by atoms with E-state index in [1.165, 1.54) is 44.4 Å². The number of methoxy groups -OCH3 is 1. The maximum atomic E-state index is 11.1. The number of non-ortho nitro benzene ring substituents is 1. The summed E-state index contributed by atoms with van der Waals surface area (Å²) in [5.41, 5.74) is -1.25. The third-order valence-electron chi connectivity index (χ3n) is 3.46. The van der Waals surface area contributed by atoms with Crippen LogP contribution < -0.4 is 0 Å². The molecule has 8 nitrogen and oxygen atoms in total. The first-order valence-corrected chi connectivity index (χ1v) is 6.82. The maximum absolute atomic E-state index is 11.1. The van der Waals surface area contributed by atoms with Crippen molar-refractivity contribution < 1.29 is 29.5 Å². The topological polar surface area (TPSA) is 127 Å². The number of rotatable bonds is 4. The lowest BCUT2D eigenvalue weighted by atomic mass is 9.77. The summed E-state index contributed by atoms with van der Waals surface area (Å²) in [7, 11) is 1.29. The molecule has 0 bridgehead atoms. The van der Waals surface area contributed by atoms with Gasteiger partial charge in [-0.2, -0.15) is 0 Å². The fourth-order valence-electron chi connectivity index (χ4n) is 2.14. The molecule has 8 heteroatoms. The van der Waals surface area contributed by atoms with Gasteiger partial charge in [-0.05, 0) is 13.0 Å². The Hall–Kier alpha value is -3.00. The van der Waals surface area contributed by atoms with E-state index in [1.807, 2.05) is 0 Å². The van der Waals surface area contributed by atoms with Gasteiger partial charge in [-0.3, -0.25) is 14.9 Å². The SMILES string of the molecule is COC1C(C(=O)O)=CC=CC1(C)C(=O)O.O=[N+]([O-])c1ccccc1. The number of carboxylic acid groups (broad SMARTS) is 2. The Morgan fingerprint density at radius 2 is 1.83 bits per heavy atom. The van der Waals surface area contributed by atoms with E-state index in [2.05, 4.69) is 0 Å². The highest BCUT2D eigenvalue weighted by Gasteiger charge is 2.45. The molecule has 1 aliphatic carbocycles. The van der Waals surface area contributed by atoms with Crippen molar-refractivity contribution in [1.82, 2.24) is 0 Å². The van der Waals surface area contributed by atoms with E-state index in [9.17, 15) is 19.7 Å². The van der Waals surface area contributed by atoms with Gasteiger partial charge in [0.25, 0.3) is 5.69 Å². The number of nitro groups is 1. The number of nitrogens with zero attached hydrogens (tertiary/aromatic N) is 1. The molecular formula is C16H17NO7. The van der Waals surface area contributed by atoms with Gasteiger partial charge in [-0.15, -0.1) is 0 Å². The molecule has 1 aromatic carbocycles. The van der Waals surface area contributed by atoms with Gasteiger partial charge in [0, 0.05) is 19.2 Å². The number of hydrogen-bond donors (Lipinski definition) is 2. The minimum Gasteiger partial charge on any atom is -0.481 e. The third kappa shape index (κ3) is 4.26. The van der Waals surface area contributed by atoms with Crippen LogP contribution in [-0.2, 0) is 14.3 Å². The smallest absolute Gasteiger partial charge is 0.334 e. The van der Waals surface area contributed by atoms with Gasteiger partial charge in [-0.25, -0.2) is 4.79 Å². The van der Waals surface area contributed by atoms with E-state index in [4.69, 9.17) is 14.9 Å². The summed E-state index contributed by atoms with van der Waals surface area (Å²) >= 11 is 0. The number of nitro benzene ring substituents is 1. The van der Waals surface area contributed by atoms with Gasteiger partial charge in [0.15, 0.2) is 0 Å². The van der Waals surface area contributed by atoms with Crippen molar-refractivity contribution in [1.29, 1.82) is 0 Å². The minimum absolute atomic E-state index is 0.0510. The van der Waals surface area contributed by atoms with E-state index in [-0.39, 0.29) is 11.3 Å². The van der Waals surface area contributed by atoms with Crippen LogP contribution in [0.3, 0.4) is 0 Å². The Morgan fingerprint density at radius 1 is 1.25 bits per heavy atom. The van der Waals surface area contributed by atoms with Crippen LogP contribution in [0.2, 0.25) is 0 Å². The molecule has 128 valence electrons. The Morgan fingerprint density at radius 3 is 2.21 bits per heavy atom. The average Bonchev–Trinajstić information content (AvgIpc) is 2.55. The molecule has 0 radical (unpaired) electrons. The molecule has 0 amide bonds. The number of carboxylic acids is 2. The fraction of sp³-hybridized carbons (Fsp3) is 0.250. The van der Waals surface area contributed by atoms with Crippen LogP contribution in [0.1, 0.15) is 6.92 Å². The zero-order valence-electron chi connectivity index (χ0n) is 13.1. The lowest BCUT2D eigenvalue weighted by Crippen LogP contribution is -2.43. The van der Waals surface area contributed by atoms with E-state index in [0.29, 0.717) is 0 Å². The first-order valence-electron chi connectivity index (χ1n) is 6.82. The van der Waals surface area contributed by atoms with Crippen LogP contribution >= 0.6 is 0 Å². The van der Waals surface area contributed by atoms with Crippen LogP contribution in [0, 0.1) is 15.5 Å². The minimum atomic E-state index is -1.34. The molecule has 1 aliphatic rings. The van der Waals surface area contributed by atoms with Crippen LogP contribution in [0.25, 0.3) is 0 Å². The van der Waals surface area contributed by atoms with Gasteiger partial charge in [0.2, 0.25) is 0 Å². The van der Waals surface area contributed by atoms with Crippen molar-refractivity contribution in [2.45, 2.75) is 13.0 Å². The second-order valence-corrected chi connectivity index (χ2v) is 5.08. The second-order valence-electron chi connectivity index (χ2n) is 5.08. The Balaban J connectivity index is 0.000000272. The summed E-state index contributed by atoms with van der Waals surface area (Å²) in [6.45, 7) is 1.43. The first kappa shape index (κ1) is 19.0. The highest BCUT2D eigenvalue weighted by molar-refractivity contribution is 5.92. The standard InChI is InChI=1S/C10H12O5.C6H5NO2/c1-10(9(13)14)5-3-4-6(8(11)12)7(10)15-2;8-7(9)6-4-2-1-3-5-6/h3-5,7H,1-2H3,(H,11,12)(H,13,14);1-5H. The second kappa shape index (κ2) is 8.02. The maximum Gasteiger partial charge on any atom is 0.334 e. The molecule has 0 spiro atoms. The normalized spacial score (nSPS) is 21.9. The zero-order valence-corrected chi connectivity index (χ0v) is 13.1. The average molecular weight is 335 g/mol. The van der Waals surface area contributed by atoms with Crippen LogP contribution in [0.4, 0.5) is 5.69 Å². The predicted octanol–water partition coefficient (Wildman–Crippen LogP) is 2.27. The number of carbonyl (C=O) groups is 2. The Labute approximate surface area is 137 Å². The van der Waals surface area contributed by atoms with Gasteiger partial charge >= 0.3 is 11.9 Å². The molecule has 24 heavy (non-hydrogen) atoms. The monoisotopic (exact) mass is 335 g/mol. The van der Waals surface area contributed by atoms with Crippen molar-refractivity contribution >= 4 is 17.6 Å². The molecule has 2 N–H and O–H groups in total. The van der Waals surface area contributed by atoms with Crippen molar-refractivity contribution in [3.8, 4) is 0 Å². The number of aliphatic carboxylic acids is 2. The molecule has 0 saturated heterocycles. The summed E-state index contributed by atoms with van der Waals surface area (Å²) in [5, 5.41) is 27.9. The molecule has 2 atom stereocenters. The summed E-state index contributed by atoms with van der Waals surface area (Å²) in [5.74, 6) is -2.28. The van der Waals surface area contributed by atoms with Crippen molar-refractivity contribution in [3.63, 3.8) is 0 Å². The van der Waals surface area contributed by atoms with Gasteiger partial charge < -0.3 is 14.9 Å². The Bertz CT molecular complexity index is 681. The van der Waals surface area contributed by atoms with Crippen molar-refractivity contribution in [2.24, 2.45) is 5.41 Å². The Kier molecular flexibility index (Phi) is 6.37. The number of benzene rings is 1. The first-order chi connectivity index (χ1) is 11.2. The molecule has 0 aliphatic heterocycles. The molecular weight excluding hydrogens is 318 g/mol. The number of ether oxygens (including phenoxy) is 1. The van der Waals surface area contributed by atoms with E-state index >= 15 is 0 Å². The number of allylic oxidation sites excluding steroid dienone is 2. The molecule has 0 saturated carbocycles. The number of hydrogen-bond acceptors (Lipinski definition) is 5. The van der Waals surface area contributed by atoms with Gasteiger partial charge in [0.1, 0.15) is 11.5 Å². The summed E-state index contributed by atoms with van der Waals surface area (Å²) in [6.07, 6.45) is 3.22. The van der Waals surface area contributed by atoms with Gasteiger partial charge in [-0.1, -0.05) is 30.4 Å². The molecule has 2 unspecified atom stereocenters. The largest absolute Gasteiger partial charge is 0.481 e. The lowest BCUT2D eigenvalue weighted by molar-refractivity contribution is -0.384. The lowest BCUT2D eigenvalue weighted by Gasteiger charge is -2.32. The zero-order chi connectivity index (χ0) is 18.3. The summed E-state index contributed by atoms with van der Waals surface area (Å²) in [6, 6.07) is 7.93. The van der Waals surface area contributed by atoms with Crippen LogP contribution in [-0.4, -0.2) is 40.3 Å². The van der Waals surface area contributed by atoms with Crippen LogP contribution in [0.5, 0.6) is 0 Å². The highest BCUT2D eigenvalue weighted by Crippen LogP contribution is 2.34. The van der Waals surface area contributed by atoms with Gasteiger partial charge in [0.05, 0.1) is 10.5 Å². The third-order valence-corrected chi connectivity index (χ3v) is 3.46. The quantitative estimate of drug-likeness (QED) is 0.638. The predicted molar refractivity (Wildman–Crippen MR) is 84.5 cm³/mol. The highest BCUT2D eigenvalue weighted by atomic mass is 16.6. The summed E-state index contributed by atoms with van der Waals surface area (Å²) < 4.78 is 4.96. The van der Waals surface area contributed by atoms with Crippen LogP contribution in [0.15, 0.2) is 54.1 Å². The van der Waals surface area contributed by atoms with E-state index < -0.39 is 28.4 Å². The molecule has 2 rings (SSSR count).